The molecule has 0 amide bonds. The molecule has 3 heteroatoms. The van der Waals surface area contributed by atoms with Crippen molar-refractivity contribution < 1.29 is 4.42 Å². The highest BCUT2D eigenvalue weighted by molar-refractivity contribution is 6.10. The Morgan fingerprint density at radius 1 is 0.328 bits per heavy atom. The fraction of sp³-hybridized carbons (Fsp3) is 0.0492. The Bertz CT molecular complexity index is 3560. The highest BCUT2D eigenvalue weighted by Gasteiger charge is 2.35. The molecule has 302 valence electrons. The van der Waals surface area contributed by atoms with Gasteiger partial charge in [0.05, 0.1) is 11.4 Å². The van der Waals surface area contributed by atoms with Gasteiger partial charge in [-0.25, -0.2) is 9.97 Å². The molecule has 2 aromatic heterocycles. The second-order valence-electron chi connectivity index (χ2n) is 17.4. The third kappa shape index (κ3) is 6.44. The molecule has 0 spiro atoms. The monoisotopic (exact) mass is 818 g/mol. The van der Waals surface area contributed by atoms with E-state index in [4.69, 9.17) is 14.4 Å². The van der Waals surface area contributed by atoms with E-state index in [-0.39, 0.29) is 5.41 Å². The molecule has 9 aromatic carbocycles. The van der Waals surface area contributed by atoms with Crippen LogP contribution in [0.2, 0.25) is 0 Å². The van der Waals surface area contributed by atoms with Gasteiger partial charge in [0.1, 0.15) is 11.2 Å². The fourth-order valence-electron chi connectivity index (χ4n) is 9.78. The second-order valence-corrected chi connectivity index (χ2v) is 17.4. The van der Waals surface area contributed by atoms with Gasteiger partial charge in [0.15, 0.2) is 5.82 Å². The Morgan fingerprint density at radius 3 is 1.66 bits per heavy atom. The molecule has 11 aromatic rings. The smallest absolute Gasteiger partial charge is 0.160 e. The van der Waals surface area contributed by atoms with E-state index in [0.717, 1.165) is 77.8 Å². The molecule has 0 N–H and O–H groups in total. The van der Waals surface area contributed by atoms with E-state index < -0.39 is 0 Å². The Kier molecular flexibility index (Phi) is 8.84. The minimum atomic E-state index is -0.0428. The van der Waals surface area contributed by atoms with Crippen LogP contribution in [0.15, 0.2) is 223 Å². The van der Waals surface area contributed by atoms with Crippen LogP contribution in [0, 0.1) is 0 Å². The molecule has 0 unspecified atom stereocenters. The third-order valence-electron chi connectivity index (χ3n) is 13.1. The van der Waals surface area contributed by atoms with Crippen molar-refractivity contribution in [3.63, 3.8) is 0 Å². The first-order valence-corrected chi connectivity index (χ1v) is 22.0. The number of para-hydroxylation sites is 2. The number of furan rings is 1. The molecular weight excluding hydrogens is 777 g/mol. The van der Waals surface area contributed by atoms with Crippen molar-refractivity contribution in [1.82, 2.24) is 9.97 Å². The molecule has 12 rings (SSSR count). The van der Waals surface area contributed by atoms with Crippen molar-refractivity contribution >= 4 is 21.9 Å². The Morgan fingerprint density at radius 2 is 0.844 bits per heavy atom. The molecule has 0 fully saturated rings. The molecule has 0 saturated heterocycles. The number of nitrogens with zero attached hydrogens (tertiary/aromatic N) is 2. The van der Waals surface area contributed by atoms with Crippen molar-refractivity contribution in [3.8, 4) is 89.5 Å². The van der Waals surface area contributed by atoms with E-state index in [9.17, 15) is 0 Å². The number of aromatic nitrogens is 2. The molecule has 1 aliphatic carbocycles. The van der Waals surface area contributed by atoms with Crippen LogP contribution in [0.4, 0.5) is 0 Å². The summed E-state index contributed by atoms with van der Waals surface area (Å²) in [7, 11) is 0. The summed E-state index contributed by atoms with van der Waals surface area (Å²) in [5.41, 5.74) is 20.7. The Hall–Kier alpha value is -8.14. The summed E-state index contributed by atoms with van der Waals surface area (Å²) in [6, 6.07) is 77.9. The van der Waals surface area contributed by atoms with Gasteiger partial charge in [0.25, 0.3) is 0 Å². The van der Waals surface area contributed by atoms with Crippen LogP contribution in [0.1, 0.15) is 25.0 Å². The van der Waals surface area contributed by atoms with Gasteiger partial charge in [0, 0.05) is 38.4 Å². The lowest BCUT2D eigenvalue weighted by Gasteiger charge is -2.21. The maximum atomic E-state index is 6.62. The molecule has 3 nitrogen and oxygen atoms in total. The van der Waals surface area contributed by atoms with Crippen LogP contribution in [-0.2, 0) is 5.41 Å². The number of hydrogen-bond acceptors (Lipinski definition) is 3. The molecule has 64 heavy (non-hydrogen) atoms. The predicted molar refractivity (Wildman–Crippen MR) is 265 cm³/mol. The summed E-state index contributed by atoms with van der Waals surface area (Å²) in [5, 5.41) is 2.20. The topological polar surface area (TPSA) is 38.9 Å². The van der Waals surface area contributed by atoms with E-state index in [0.29, 0.717) is 5.82 Å². The molecule has 0 aliphatic heterocycles. The standard InChI is InChI=1S/C61H42N2O/c1-61(2)54-25-11-9-21-50(54)53-37-44(31-32-55(53)61)43-19-13-20-45(33-43)56-38-57(63-60(62-56)42-17-7-4-8-18-42)48-35-46(41-29-27-40(28-30-41)39-15-5-3-6-16-39)34-47(36-48)49-23-14-24-52-51-22-10-12-26-58(51)64-59(49)52/h3-38H,1-2H3. The van der Waals surface area contributed by atoms with Gasteiger partial charge in [-0.15, -0.1) is 0 Å². The summed E-state index contributed by atoms with van der Waals surface area (Å²) in [6.07, 6.45) is 0. The quantitative estimate of drug-likeness (QED) is 0.161. The highest BCUT2D eigenvalue weighted by Crippen LogP contribution is 2.50. The average Bonchev–Trinajstić information content (AvgIpc) is 3.86. The lowest BCUT2D eigenvalue weighted by atomic mass is 9.82. The molecule has 0 saturated carbocycles. The van der Waals surface area contributed by atoms with Crippen molar-refractivity contribution in [3.05, 3.63) is 230 Å². The SMILES string of the molecule is CC1(C)c2ccccc2-c2cc(-c3cccc(-c4cc(-c5cc(-c6ccc(-c7ccccc7)cc6)cc(-c6cccc7c6oc6ccccc67)c5)nc(-c5ccccc5)n4)c3)ccc21. The van der Waals surface area contributed by atoms with Gasteiger partial charge in [-0.3, -0.25) is 0 Å². The minimum Gasteiger partial charge on any atom is -0.455 e. The van der Waals surface area contributed by atoms with Gasteiger partial charge in [-0.1, -0.05) is 190 Å². The van der Waals surface area contributed by atoms with Crippen LogP contribution in [0.5, 0.6) is 0 Å². The summed E-state index contributed by atoms with van der Waals surface area (Å²) in [5.74, 6) is 0.674. The first kappa shape index (κ1) is 37.6. The van der Waals surface area contributed by atoms with Crippen molar-refractivity contribution in [2.24, 2.45) is 0 Å². The Labute approximate surface area is 373 Å². The van der Waals surface area contributed by atoms with Gasteiger partial charge in [0.2, 0.25) is 0 Å². The molecule has 0 bridgehead atoms. The number of hydrogen-bond donors (Lipinski definition) is 0. The average molecular weight is 819 g/mol. The zero-order valence-electron chi connectivity index (χ0n) is 35.6. The molecule has 1 aliphatic rings. The minimum absolute atomic E-state index is 0.0428. The largest absolute Gasteiger partial charge is 0.455 e. The fourth-order valence-corrected chi connectivity index (χ4v) is 9.78. The van der Waals surface area contributed by atoms with Crippen LogP contribution < -0.4 is 0 Å². The van der Waals surface area contributed by atoms with E-state index in [1.165, 1.54) is 38.9 Å². The van der Waals surface area contributed by atoms with Crippen molar-refractivity contribution in [2.45, 2.75) is 19.3 Å². The Balaban J connectivity index is 1.02. The zero-order chi connectivity index (χ0) is 42.8. The molecule has 2 heterocycles. The van der Waals surface area contributed by atoms with Gasteiger partial charge in [-0.05, 0) is 104 Å². The van der Waals surface area contributed by atoms with Crippen molar-refractivity contribution in [1.29, 1.82) is 0 Å². The zero-order valence-corrected chi connectivity index (χ0v) is 35.6. The van der Waals surface area contributed by atoms with E-state index in [2.05, 4.69) is 202 Å². The lowest BCUT2D eigenvalue weighted by Crippen LogP contribution is -2.14. The molecular formula is C61H42N2O. The van der Waals surface area contributed by atoms with Crippen LogP contribution in [0.25, 0.3) is 111 Å². The van der Waals surface area contributed by atoms with Gasteiger partial charge >= 0.3 is 0 Å². The normalized spacial score (nSPS) is 12.7. The summed E-state index contributed by atoms with van der Waals surface area (Å²) in [6.45, 7) is 4.66. The summed E-state index contributed by atoms with van der Waals surface area (Å²) < 4.78 is 6.62. The third-order valence-corrected chi connectivity index (χ3v) is 13.1. The van der Waals surface area contributed by atoms with E-state index >= 15 is 0 Å². The highest BCUT2D eigenvalue weighted by atomic mass is 16.3. The van der Waals surface area contributed by atoms with Crippen LogP contribution >= 0.6 is 0 Å². The predicted octanol–water partition coefficient (Wildman–Crippen LogP) is 16.4. The van der Waals surface area contributed by atoms with Crippen LogP contribution in [-0.4, -0.2) is 9.97 Å². The van der Waals surface area contributed by atoms with Gasteiger partial charge in [-0.2, -0.15) is 0 Å². The van der Waals surface area contributed by atoms with Crippen molar-refractivity contribution in [2.75, 3.05) is 0 Å². The van der Waals surface area contributed by atoms with E-state index in [1.54, 1.807) is 0 Å². The maximum absolute atomic E-state index is 6.62. The first-order valence-electron chi connectivity index (χ1n) is 22.0. The first-order chi connectivity index (χ1) is 31.4. The molecule has 0 radical (unpaired) electrons. The van der Waals surface area contributed by atoms with E-state index in [1.807, 2.05) is 30.3 Å². The number of fused-ring (bicyclic) bond motifs is 6. The number of rotatable bonds is 7. The summed E-state index contributed by atoms with van der Waals surface area (Å²) in [4.78, 5) is 10.6. The molecule has 0 atom stereocenters. The van der Waals surface area contributed by atoms with Gasteiger partial charge < -0.3 is 4.42 Å². The summed E-state index contributed by atoms with van der Waals surface area (Å²) >= 11 is 0. The van der Waals surface area contributed by atoms with Crippen LogP contribution in [0.3, 0.4) is 0 Å². The second kappa shape index (κ2) is 15.0. The lowest BCUT2D eigenvalue weighted by molar-refractivity contribution is 0.660. The maximum Gasteiger partial charge on any atom is 0.160 e. The number of benzene rings is 9.